The molecule has 0 radical (unpaired) electrons. The average molecular weight is 353 g/mol. The molecule has 2 aliphatic heterocycles. The van der Waals surface area contributed by atoms with E-state index in [2.05, 4.69) is 9.64 Å². The van der Waals surface area contributed by atoms with E-state index in [1.54, 1.807) is 4.90 Å². The van der Waals surface area contributed by atoms with Crippen LogP contribution in [-0.2, 0) is 14.3 Å². The van der Waals surface area contributed by atoms with E-state index in [0.29, 0.717) is 32.6 Å². The topological polar surface area (TPSA) is 68.0 Å². The molecule has 140 valence electrons. The van der Waals surface area contributed by atoms with Gasteiger partial charge in [0.25, 0.3) is 5.91 Å². The molecule has 0 aliphatic carbocycles. The van der Waals surface area contributed by atoms with Gasteiger partial charge in [-0.1, -0.05) is 0 Å². The first kappa shape index (κ1) is 19.4. The van der Waals surface area contributed by atoms with Crippen LogP contribution in [0.2, 0.25) is 0 Å². The van der Waals surface area contributed by atoms with Crippen LogP contribution < -0.4 is 5.73 Å². The lowest BCUT2D eigenvalue weighted by atomic mass is 10.1. The fourth-order valence-corrected chi connectivity index (χ4v) is 3.03. The summed E-state index contributed by atoms with van der Waals surface area (Å²) in [6.45, 7) is 2.69. The van der Waals surface area contributed by atoms with Crippen molar-refractivity contribution in [2.24, 2.45) is 5.73 Å². The van der Waals surface area contributed by atoms with Crippen molar-refractivity contribution in [2.45, 2.75) is 37.6 Å². The van der Waals surface area contributed by atoms with E-state index in [0.717, 1.165) is 25.9 Å². The summed E-state index contributed by atoms with van der Waals surface area (Å²) in [6, 6.07) is 0. The molecule has 0 aromatic carbocycles. The van der Waals surface area contributed by atoms with E-state index in [4.69, 9.17) is 10.5 Å². The summed E-state index contributed by atoms with van der Waals surface area (Å²) in [5.74, 6) is 0.0270. The van der Waals surface area contributed by atoms with Gasteiger partial charge >= 0.3 is 6.18 Å². The molecule has 0 spiro atoms. The summed E-state index contributed by atoms with van der Waals surface area (Å²) in [7, 11) is 0. The van der Waals surface area contributed by atoms with Gasteiger partial charge in [0.15, 0.2) is 0 Å². The quantitative estimate of drug-likeness (QED) is 0.679. The van der Waals surface area contributed by atoms with E-state index in [1.807, 2.05) is 0 Å². The van der Waals surface area contributed by atoms with Crippen LogP contribution in [0.25, 0.3) is 0 Å². The van der Waals surface area contributed by atoms with Gasteiger partial charge in [-0.3, -0.25) is 9.69 Å². The lowest BCUT2D eigenvalue weighted by Crippen LogP contribution is -2.51. The maximum Gasteiger partial charge on any atom is 0.411 e. The fourth-order valence-electron chi connectivity index (χ4n) is 3.03. The summed E-state index contributed by atoms with van der Waals surface area (Å²) in [6.07, 6.45) is -2.56. The molecule has 2 aliphatic rings. The summed E-state index contributed by atoms with van der Waals surface area (Å²) < 4.78 is 46.1. The number of halogens is 3. The molecular formula is C15H26F3N3O3. The van der Waals surface area contributed by atoms with E-state index in [9.17, 15) is 18.0 Å². The first-order chi connectivity index (χ1) is 11.4. The number of piperazine rings is 1. The van der Waals surface area contributed by atoms with E-state index in [1.165, 1.54) is 0 Å². The Balaban J connectivity index is 1.59. The Morgan fingerprint density at radius 1 is 1.21 bits per heavy atom. The van der Waals surface area contributed by atoms with Gasteiger partial charge in [0.1, 0.15) is 12.7 Å². The lowest BCUT2D eigenvalue weighted by Gasteiger charge is -2.35. The normalized spacial score (nSPS) is 26.1. The van der Waals surface area contributed by atoms with Crippen molar-refractivity contribution in [3.8, 4) is 0 Å². The lowest BCUT2D eigenvalue weighted by molar-refractivity contribution is -0.174. The zero-order chi connectivity index (χ0) is 17.6. The number of nitrogens with zero attached hydrogens (tertiary/aromatic N) is 2. The molecule has 2 N–H and O–H groups in total. The highest BCUT2D eigenvalue weighted by Crippen LogP contribution is 2.21. The first-order valence-corrected chi connectivity index (χ1v) is 8.40. The average Bonchev–Trinajstić information content (AvgIpc) is 3.02. The Labute approximate surface area is 140 Å². The number of hydrogen-bond acceptors (Lipinski definition) is 5. The summed E-state index contributed by atoms with van der Waals surface area (Å²) >= 11 is 0. The monoisotopic (exact) mass is 353 g/mol. The number of carbonyl (C=O) groups excluding carboxylic acids is 1. The minimum absolute atomic E-state index is 0.0167. The minimum Gasteiger partial charge on any atom is -0.372 e. The number of amides is 1. The maximum atomic E-state index is 12.4. The molecule has 0 aromatic rings. The SMILES string of the molecule is NC[C@H]1CC[C@@H](C(=O)N2CCN(CCCOCC(F)(F)F)CC2)O1. The van der Waals surface area contributed by atoms with Crippen LogP contribution in [0.15, 0.2) is 0 Å². The van der Waals surface area contributed by atoms with Crippen molar-refractivity contribution in [3.05, 3.63) is 0 Å². The second-order valence-electron chi connectivity index (χ2n) is 6.25. The number of nitrogens with two attached hydrogens (primary N) is 1. The molecule has 24 heavy (non-hydrogen) atoms. The van der Waals surface area contributed by atoms with Crippen LogP contribution in [0.3, 0.4) is 0 Å². The molecule has 2 rings (SSSR count). The third-order valence-electron chi connectivity index (χ3n) is 4.36. The molecule has 2 heterocycles. The summed E-state index contributed by atoms with van der Waals surface area (Å²) in [5, 5.41) is 0. The van der Waals surface area contributed by atoms with Crippen LogP contribution in [0, 0.1) is 0 Å². The molecule has 0 bridgehead atoms. The predicted octanol–water partition coefficient (Wildman–Crippen LogP) is 0.606. The van der Waals surface area contributed by atoms with Crippen molar-refractivity contribution in [1.82, 2.24) is 9.80 Å². The van der Waals surface area contributed by atoms with Crippen LogP contribution in [0.4, 0.5) is 13.2 Å². The molecule has 2 saturated heterocycles. The Hall–Kier alpha value is -0.900. The van der Waals surface area contributed by atoms with Crippen molar-refractivity contribution in [1.29, 1.82) is 0 Å². The van der Waals surface area contributed by atoms with Gasteiger partial charge in [-0.2, -0.15) is 13.2 Å². The molecule has 6 nitrogen and oxygen atoms in total. The molecule has 0 saturated carbocycles. The third kappa shape index (κ3) is 6.19. The standard InChI is InChI=1S/C15H26F3N3O3/c16-15(17,18)11-23-9-1-4-20-5-7-21(8-6-20)14(22)13-3-2-12(10-19)24-13/h12-13H,1-11,19H2/t12-,13+/m1/s1. The summed E-state index contributed by atoms with van der Waals surface area (Å²) in [4.78, 5) is 16.3. The number of alkyl halides is 3. The highest BCUT2D eigenvalue weighted by atomic mass is 19.4. The van der Waals surface area contributed by atoms with Gasteiger partial charge in [-0.05, 0) is 19.3 Å². The van der Waals surface area contributed by atoms with Gasteiger partial charge in [0, 0.05) is 45.9 Å². The first-order valence-electron chi connectivity index (χ1n) is 8.40. The van der Waals surface area contributed by atoms with Crippen molar-refractivity contribution < 1.29 is 27.4 Å². The fraction of sp³-hybridized carbons (Fsp3) is 0.933. The molecule has 2 fully saturated rings. The van der Waals surface area contributed by atoms with Gasteiger partial charge in [0.05, 0.1) is 6.10 Å². The smallest absolute Gasteiger partial charge is 0.372 e. The van der Waals surface area contributed by atoms with Crippen LogP contribution in [0.1, 0.15) is 19.3 Å². The second kappa shape index (κ2) is 8.98. The van der Waals surface area contributed by atoms with Crippen molar-refractivity contribution in [3.63, 3.8) is 0 Å². The Kier molecular flexibility index (Phi) is 7.27. The minimum atomic E-state index is -4.27. The van der Waals surface area contributed by atoms with E-state index >= 15 is 0 Å². The summed E-state index contributed by atoms with van der Waals surface area (Å²) in [5.41, 5.74) is 5.56. The maximum absolute atomic E-state index is 12.4. The van der Waals surface area contributed by atoms with Crippen molar-refractivity contribution in [2.75, 3.05) is 52.5 Å². The number of rotatable bonds is 7. The van der Waals surface area contributed by atoms with Crippen LogP contribution >= 0.6 is 0 Å². The highest BCUT2D eigenvalue weighted by Gasteiger charge is 2.34. The third-order valence-corrected chi connectivity index (χ3v) is 4.36. The second-order valence-corrected chi connectivity index (χ2v) is 6.25. The largest absolute Gasteiger partial charge is 0.411 e. The van der Waals surface area contributed by atoms with Gasteiger partial charge < -0.3 is 20.1 Å². The van der Waals surface area contributed by atoms with Crippen LogP contribution in [-0.4, -0.2) is 86.6 Å². The van der Waals surface area contributed by atoms with Gasteiger partial charge in [-0.25, -0.2) is 0 Å². The molecular weight excluding hydrogens is 327 g/mol. The highest BCUT2D eigenvalue weighted by molar-refractivity contribution is 5.81. The van der Waals surface area contributed by atoms with Crippen molar-refractivity contribution >= 4 is 5.91 Å². The predicted molar refractivity (Wildman–Crippen MR) is 81.5 cm³/mol. The molecule has 0 unspecified atom stereocenters. The van der Waals surface area contributed by atoms with E-state index in [-0.39, 0.29) is 24.7 Å². The molecule has 1 amide bonds. The number of hydrogen-bond donors (Lipinski definition) is 1. The van der Waals surface area contributed by atoms with Gasteiger partial charge in [-0.15, -0.1) is 0 Å². The van der Waals surface area contributed by atoms with Crippen LogP contribution in [0.5, 0.6) is 0 Å². The molecule has 9 heteroatoms. The Morgan fingerprint density at radius 2 is 1.92 bits per heavy atom. The zero-order valence-electron chi connectivity index (χ0n) is 13.8. The Bertz CT molecular complexity index is 401. The zero-order valence-corrected chi connectivity index (χ0v) is 13.8. The number of ether oxygens (including phenoxy) is 2. The molecule has 2 atom stereocenters. The van der Waals surface area contributed by atoms with Gasteiger partial charge in [0.2, 0.25) is 0 Å². The van der Waals surface area contributed by atoms with E-state index < -0.39 is 12.8 Å². The number of carbonyl (C=O) groups is 1. The molecule has 0 aromatic heterocycles. The Morgan fingerprint density at radius 3 is 2.50 bits per heavy atom.